The minimum absolute atomic E-state index is 0.838. The van der Waals surface area contributed by atoms with Gasteiger partial charge >= 0.3 is 0 Å². The second-order valence-electron chi connectivity index (χ2n) is 5.16. The van der Waals surface area contributed by atoms with Crippen molar-refractivity contribution in [1.82, 2.24) is 4.90 Å². The third kappa shape index (κ3) is 1.98. The maximum absolute atomic E-state index is 5.86. The Morgan fingerprint density at radius 2 is 2.19 bits per heavy atom. The van der Waals surface area contributed by atoms with Crippen LogP contribution in [0.15, 0.2) is 22.7 Å². The fourth-order valence-electron chi connectivity index (χ4n) is 3.22. The van der Waals surface area contributed by atoms with Gasteiger partial charge in [0.05, 0.1) is 0 Å². The summed E-state index contributed by atoms with van der Waals surface area (Å²) in [5.74, 6) is 0.967. The maximum Gasteiger partial charge on any atom is 0.0328 e. The van der Waals surface area contributed by atoms with Gasteiger partial charge in [0.25, 0.3) is 0 Å². The van der Waals surface area contributed by atoms with Gasteiger partial charge in [-0.05, 0) is 48.9 Å². The number of halogens is 1. The molecule has 2 bridgehead atoms. The molecule has 2 N–H and O–H groups in total. The van der Waals surface area contributed by atoms with Crippen molar-refractivity contribution in [3.05, 3.63) is 28.2 Å². The number of hydrogen-bond acceptors (Lipinski definition) is 2. The normalized spacial score (nSPS) is 28.8. The summed E-state index contributed by atoms with van der Waals surface area (Å²) in [6.45, 7) is 2.35. The fourth-order valence-corrected chi connectivity index (χ4v) is 3.78. The Morgan fingerprint density at radius 3 is 2.81 bits per heavy atom. The van der Waals surface area contributed by atoms with E-state index in [-0.39, 0.29) is 0 Å². The van der Waals surface area contributed by atoms with E-state index >= 15 is 0 Å². The lowest BCUT2D eigenvalue weighted by atomic mass is 10.1. The molecule has 1 saturated carbocycles. The molecule has 1 aromatic carbocycles. The molecule has 1 aromatic rings. The minimum Gasteiger partial charge on any atom is -0.399 e. The summed E-state index contributed by atoms with van der Waals surface area (Å²) >= 11 is 3.50. The molecule has 16 heavy (non-hydrogen) atoms. The molecule has 1 saturated heterocycles. The molecular weight excluding hydrogens is 264 g/mol. The molecule has 2 unspecified atom stereocenters. The molecule has 1 heterocycles. The molecule has 2 nitrogen and oxygen atoms in total. The Morgan fingerprint density at radius 1 is 1.31 bits per heavy atom. The SMILES string of the molecule is Nc1cc(Br)cc(CN2CC3CCC2C3)c1. The summed E-state index contributed by atoms with van der Waals surface area (Å²) in [6.07, 6.45) is 4.26. The molecule has 1 aliphatic heterocycles. The van der Waals surface area contributed by atoms with Crippen molar-refractivity contribution in [1.29, 1.82) is 0 Å². The second-order valence-corrected chi connectivity index (χ2v) is 6.07. The van der Waals surface area contributed by atoms with Crippen LogP contribution in [0.1, 0.15) is 24.8 Å². The molecular formula is C13H17BrN2. The average molecular weight is 281 g/mol. The molecule has 2 aliphatic rings. The average Bonchev–Trinajstić information content (AvgIpc) is 2.77. The van der Waals surface area contributed by atoms with E-state index in [1.807, 2.05) is 6.07 Å². The molecule has 0 radical (unpaired) electrons. The first kappa shape index (κ1) is 10.6. The van der Waals surface area contributed by atoms with Gasteiger partial charge in [-0.1, -0.05) is 15.9 Å². The summed E-state index contributed by atoms with van der Waals surface area (Å²) < 4.78 is 1.09. The van der Waals surface area contributed by atoms with Gasteiger partial charge in [0.1, 0.15) is 0 Å². The van der Waals surface area contributed by atoms with E-state index in [4.69, 9.17) is 5.73 Å². The van der Waals surface area contributed by atoms with Crippen molar-refractivity contribution in [3.8, 4) is 0 Å². The second kappa shape index (κ2) is 4.04. The first-order chi connectivity index (χ1) is 7.70. The van der Waals surface area contributed by atoms with Crippen LogP contribution in [0, 0.1) is 5.92 Å². The van der Waals surface area contributed by atoms with Crippen LogP contribution in [0.2, 0.25) is 0 Å². The van der Waals surface area contributed by atoms with Gasteiger partial charge in [0, 0.05) is 29.3 Å². The third-order valence-electron chi connectivity index (χ3n) is 3.89. The van der Waals surface area contributed by atoms with Crippen molar-refractivity contribution >= 4 is 21.6 Å². The number of nitrogens with zero attached hydrogens (tertiary/aromatic N) is 1. The zero-order valence-corrected chi connectivity index (χ0v) is 10.9. The number of nitrogens with two attached hydrogens (primary N) is 1. The zero-order chi connectivity index (χ0) is 11.1. The molecule has 3 rings (SSSR count). The van der Waals surface area contributed by atoms with Gasteiger partial charge in [-0.25, -0.2) is 0 Å². The number of piperidine rings is 1. The maximum atomic E-state index is 5.86. The van der Waals surface area contributed by atoms with Gasteiger partial charge in [0.2, 0.25) is 0 Å². The largest absolute Gasteiger partial charge is 0.399 e. The molecule has 1 aliphatic carbocycles. The van der Waals surface area contributed by atoms with Crippen molar-refractivity contribution in [3.63, 3.8) is 0 Å². The number of anilines is 1. The predicted octanol–water partition coefficient (Wildman–Crippen LogP) is 3.02. The minimum atomic E-state index is 0.838. The summed E-state index contributed by atoms with van der Waals surface area (Å²) in [5.41, 5.74) is 8.05. The molecule has 0 aromatic heterocycles. The summed E-state index contributed by atoms with van der Waals surface area (Å²) in [4.78, 5) is 2.62. The predicted molar refractivity (Wildman–Crippen MR) is 70.1 cm³/mol. The van der Waals surface area contributed by atoms with Gasteiger partial charge in [-0.3, -0.25) is 4.90 Å². The molecule has 86 valence electrons. The van der Waals surface area contributed by atoms with E-state index in [2.05, 4.69) is 33.0 Å². The molecule has 2 atom stereocenters. The molecule has 3 heteroatoms. The topological polar surface area (TPSA) is 29.3 Å². The van der Waals surface area contributed by atoms with E-state index < -0.39 is 0 Å². The van der Waals surface area contributed by atoms with Gasteiger partial charge in [-0.2, -0.15) is 0 Å². The lowest BCUT2D eigenvalue weighted by molar-refractivity contribution is 0.205. The van der Waals surface area contributed by atoms with Crippen molar-refractivity contribution in [2.45, 2.75) is 31.8 Å². The Hall–Kier alpha value is -0.540. The number of rotatable bonds is 2. The highest BCUT2D eigenvalue weighted by Crippen LogP contribution is 2.38. The van der Waals surface area contributed by atoms with Crippen LogP contribution >= 0.6 is 15.9 Å². The van der Waals surface area contributed by atoms with E-state index in [0.29, 0.717) is 0 Å². The van der Waals surface area contributed by atoms with Crippen LogP contribution in [0.3, 0.4) is 0 Å². The van der Waals surface area contributed by atoms with Crippen molar-refractivity contribution in [2.75, 3.05) is 12.3 Å². The Kier molecular flexibility index (Phi) is 2.68. The van der Waals surface area contributed by atoms with Crippen LogP contribution < -0.4 is 5.73 Å². The number of nitrogen functional groups attached to an aromatic ring is 1. The summed E-state index contributed by atoms with van der Waals surface area (Å²) in [5, 5.41) is 0. The van der Waals surface area contributed by atoms with E-state index in [1.54, 1.807) is 0 Å². The first-order valence-electron chi connectivity index (χ1n) is 6.00. The highest BCUT2D eigenvalue weighted by atomic mass is 79.9. The van der Waals surface area contributed by atoms with Gasteiger partial charge in [0.15, 0.2) is 0 Å². The monoisotopic (exact) mass is 280 g/mol. The number of hydrogen-bond donors (Lipinski definition) is 1. The van der Waals surface area contributed by atoms with E-state index in [9.17, 15) is 0 Å². The number of likely N-dealkylation sites (tertiary alicyclic amines) is 1. The molecule has 0 amide bonds. The standard InChI is InChI=1S/C13H17BrN2/c14-11-3-10(4-12(15)6-11)8-16-7-9-1-2-13(16)5-9/h3-4,6,9,13H,1-2,5,7-8,15H2. The highest BCUT2D eigenvalue weighted by Gasteiger charge is 2.37. The van der Waals surface area contributed by atoms with Crippen LogP contribution in [0.25, 0.3) is 0 Å². The summed E-state index contributed by atoms with van der Waals surface area (Å²) in [6, 6.07) is 7.07. The van der Waals surface area contributed by atoms with Gasteiger partial charge in [-0.15, -0.1) is 0 Å². The van der Waals surface area contributed by atoms with Crippen LogP contribution in [-0.4, -0.2) is 17.5 Å². The van der Waals surface area contributed by atoms with Crippen LogP contribution in [-0.2, 0) is 6.54 Å². The van der Waals surface area contributed by atoms with Crippen LogP contribution in [0.5, 0.6) is 0 Å². The quantitative estimate of drug-likeness (QED) is 0.844. The Bertz CT molecular complexity index is 385. The fraction of sp³-hybridized carbons (Fsp3) is 0.538. The first-order valence-corrected chi connectivity index (χ1v) is 6.79. The number of fused-ring (bicyclic) bond motifs is 2. The Labute approximate surface area is 105 Å². The smallest absolute Gasteiger partial charge is 0.0328 e. The summed E-state index contributed by atoms with van der Waals surface area (Å²) in [7, 11) is 0. The lowest BCUT2D eigenvalue weighted by Crippen LogP contribution is -2.31. The van der Waals surface area contributed by atoms with E-state index in [1.165, 1.54) is 31.4 Å². The number of benzene rings is 1. The zero-order valence-electron chi connectivity index (χ0n) is 9.32. The van der Waals surface area contributed by atoms with Crippen molar-refractivity contribution in [2.24, 2.45) is 5.92 Å². The van der Waals surface area contributed by atoms with Crippen molar-refractivity contribution < 1.29 is 0 Å². The Balaban J connectivity index is 1.74. The molecule has 2 fully saturated rings. The molecule has 0 spiro atoms. The van der Waals surface area contributed by atoms with E-state index in [0.717, 1.165) is 28.7 Å². The lowest BCUT2D eigenvalue weighted by Gasteiger charge is -2.26. The van der Waals surface area contributed by atoms with Crippen LogP contribution in [0.4, 0.5) is 5.69 Å². The highest BCUT2D eigenvalue weighted by molar-refractivity contribution is 9.10. The van der Waals surface area contributed by atoms with Gasteiger partial charge < -0.3 is 5.73 Å². The third-order valence-corrected chi connectivity index (χ3v) is 4.35.